The average Bonchev–Trinajstić information content (AvgIpc) is 2.52. The van der Waals surface area contributed by atoms with Gasteiger partial charge in [0.25, 0.3) is 0 Å². The van der Waals surface area contributed by atoms with Crippen LogP contribution in [0.25, 0.3) is 0 Å². The minimum absolute atomic E-state index is 0.0969. The first kappa shape index (κ1) is 14.8. The highest BCUT2D eigenvalue weighted by Gasteiger charge is 2.09. The van der Waals surface area contributed by atoms with Gasteiger partial charge >= 0.3 is 0 Å². The second-order valence-electron chi connectivity index (χ2n) is 4.53. The van der Waals surface area contributed by atoms with Crippen LogP contribution < -0.4 is 5.32 Å². The van der Waals surface area contributed by atoms with E-state index in [0.717, 1.165) is 5.69 Å². The Balaban J connectivity index is 1.76. The number of nitrogens with zero attached hydrogens (tertiary/aromatic N) is 1. The molecule has 0 atom stereocenters. The van der Waals surface area contributed by atoms with E-state index in [0.29, 0.717) is 12.1 Å². The van der Waals surface area contributed by atoms with Gasteiger partial charge in [0.1, 0.15) is 5.82 Å². The van der Waals surface area contributed by atoms with Crippen molar-refractivity contribution >= 4 is 11.7 Å². The molecule has 1 N–H and O–H groups in total. The SMILES string of the molecule is O=C(CCC(=O)c1ccc(F)cc1)NCc1ccccn1. The van der Waals surface area contributed by atoms with Crippen molar-refractivity contribution in [2.75, 3.05) is 0 Å². The van der Waals surface area contributed by atoms with Gasteiger partial charge in [-0.3, -0.25) is 14.6 Å². The number of hydrogen-bond donors (Lipinski definition) is 1. The molecule has 2 aromatic rings. The number of carbonyl (C=O) groups is 2. The van der Waals surface area contributed by atoms with Crippen LogP contribution in [-0.2, 0) is 11.3 Å². The highest BCUT2D eigenvalue weighted by atomic mass is 19.1. The molecule has 0 aliphatic heterocycles. The Morgan fingerprint density at radius 1 is 1.05 bits per heavy atom. The van der Waals surface area contributed by atoms with Crippen molar-refractivity contribution in [3.05, 3.63) is 65.7 Å². The van der Waals surface area contributed by atoms with E-state index in [2.05, 4.69) is 10.3 Å². The lowest BCUT2D eigenvalue weighted by molar-refractivity contribution is -0.121. The third-order valence-electron chi connectivity index (χ3n) is 2.94. The van der Waals surface area contributed by atoms with Gasteiger partial charge < -0.3 is 5.32 Å². The molecule has 108 valence electrons. The molecule has 0 aliphatic carbocycles. The minimum Gasteiger partial charge on any atom is -0.350 e. The summed E-state index contributed by atoms with van der Waals surface area (Å²) in [6.07, 6.45) is 1.85. The third kappa shape index (κ3) is 4.80. The second kappa shape index (κ2) is 7.28. The van der Waals surface area contributed by atoms with Gasteiger partial charge in [-0.15, -0.1) is 0 Å². The lowest BCUT2D eigenvalue weighted by Crippen LogP contribution is -2.23. The van der Waals surface area contributed by atoms with Crippen LogP contribution >= 0.6 is 0 Å². The average molecular weight is 286 g/mol. The number of Topliss-reactive ketones (excluding diaryl/α,β-unsaturated/α-hetero) is 1. The summed E-state index contributed by atoms with van der Waals surface area (Å²) < 4.78 is 12.7. The smallest absolute Gasteiger partial charge is 0.220 e. The van der Waals surface area contributed by atoms with Crippen LogP contribution in [0.5, 0.6) is 0 Å². The van der Waals surface area contributed by atoms with Crippen LogP contribution in [-0.4, -0.2) is 16.7 Å². The number of ketones is 1. The van der Waals surface area contributed by atoms with E-state index in [-0.39, 0.29) is 30.3 Å². The summed E-state index contributed by atoms with van der Waals surface area (Å²) in [7, 11) is 0. The molecule has 4 nitrogen and oxygen atoms in total. The number of benzene rings is 1. The number of carbonyl (C=O) groups excluding carboxylic acids is 2. The Hall–Kier alpha value is -2.56. The summed E-state index contributed by atoms with van der Waals surface area (Å²) in [6, 6.07) is 10.7. The van der Waals surface area contributed by atoms with Gasteiger partial charge in [-0.25, -0.2) is 4.39 Å². The number of halogens is 1. The van der Waals surface area contributed by atoms with Gasteiger partial charge in [-0.1, -0.05) is 6.07 Å². The molecule has 0 bridgehead atoms. The molecule has 0 saturated heterocycles. The number of nitrogens with one attached hydrogen (secondary N) is 1. The van der Waals surface area contributed by atoms with Gasteiger partial charge in [-0.2, -0.15) is 0 Å². The Morgan fingerprint density at radius 2 is 1.81 bits per heavy atom. The predicted molar refractivity (Wildman–Crippen MR) is 76.0 cm³/mol. The van der Waals surface area contributed by atoms with E-state index in [9.17, 15) is 14.0 Å². The molecule has 5 heteroatoms. The molecule has 1 heterocycles. The van der Waals surface area contributed by atoms with E-state index in [4.69, 9.17) is 0 Å². The van der Waals surface area contributed by atoms with E-state index in [1.165, 1.54) is 24.3 Å². The lowest BCUT2D eigenvalue weighted by atomic mass is 10.1. The Bertz CT molecular complexity index is 612. The quantitative estimate of drug-likeness (QED) is 0.830. The van der Waals surface area contributed by atoms with E-state index >= 15 is 0 Å². The molecule has 0 saturated carbocycles. The van der Waals surface area contributed by atoms with Crippen LogP contribution in [0.1, 0.15) is 28.9 Å². The topological polar surface area (TPSA) is 59.1 Å². The zero-order chi connectivity index (χ0) is 15.1. The number of amides is 1. The van der Waals surface area contributed by atoms with E-state index < -0.39 is 0 Å². The summed E-state index contributed by atoms with van der Waals surface area (Å²) >= 11 is 0. The van der Waals surface area contributed by atoms with Crippen molar-refractivity contribution in [1.82, 2.24) is 10.3 Å². The molecule has 1 aromatic heterocycles. The minimum atomic E-state index is -0.389. The molecule has 1 amide bonds. The number of aromatic nitrogens is 1. The van der Waals surface area contributed by atoms with Crippen molar-refractivity contribution in [3.63, 3.8) is 0 Å². The standard InChI is InChI=1S/C16H15FN2O2/c17-13-6-4-12(5-7-13)15(20)8-9-16(21)19-11-14-3-1-2-10-18-14/h1-7,10H,8-9,11H2,(H,19,21). The maximum Gasteiger partial charge on any atom is 0.220 e. The number of pyridine rings is 1. The fraction of sp³-hybridized carbons (Fsp3) is 0.188. The molecule has 0 fully saturated rings. The van der Waals surface area contributed by atoms with Crippen molar-refractivity contribution in [2.45, 2.75) is 19.4 Å². The molecular formula is C16H15FN2O2. The normalized spacial score (nSPS) is 10.1. The third-order valence-corrected chi connectivity index (χ3v) is 2.94. The Morgan fingerprint density at radius 3 is 2.48 bits per heavy atom. The molecule has 0 spiro atoms. The van der Waals surface area contributed by atoms with Gasteiger partial charge in [0.05, 0.1) is 12.2 Å². The fourth-order valence-corrected chi connectivity index (χ4v) is 1.79. The van der Waals surface area contributed by atoms with Crippen molar-refractivity contribution in [1.29, 1.82) is 0 Å². The van der Waals surface area contributed by atoms with Gasteiger partial charge in [0.15, 0.2) is 5.78 Å². The van der Waals surface area contributed by atoms with Crippen LogP contribution in [0.2, 0.25) is 0 Å². The first-order valence-corrected chi connectivity index (χ1v) is 6.60. The second-order valence-corrected chi connectivity index (χ2v) is 4.53. The van der Waals surface area contributed by atoms with Gasteiger partial charge in [-0.05, 0) is 36.4 Å². The first-order valence-electron chi connectivity index (χ1n) is 6.60. The summed E-state index contributed by atoms with van der Waals surface area (Å²) in [5, 5.41) is 2.70. The summed E-state index contributed by atoms with van der Waals surface area (Å²) in [6.45, 7) is 0.338. The molecule has 0 radical (unpaired) electrons. The Labute approximate surface area is 122 Å². The van der Waals surface area contributed by atoms with Gasteiger partial charge in [0, 0.05) is 24.6 Å². The largest absolute Gasteiger partial charge is 0.350 e. The maximum atomic E-state index is 12.7. The van der Waals surface area contributed by atoms with Crippen LogP contribution in [0.3, 0.4) is 0 Å². The molecule has 21 heavy (non-hydrogen) atoms. The molecule has 0 aliphatic rings. The summed E-state index contributed by atoms with van der Waals surface area (Å²) in [5.74, 6) is -0.779. The highest BCUT2D eigenvalue weighted by Crippen LogP contribution is 2.07. The van der Waals surface area contributed by atoms with Crippen molar-refractivity contribution < 1.29 is 14.0 Å². The van der Waals surface area contributed by atoms with Crippen LogP contribution in [0.4, 0.5) is 4.39 Å². The number of hydrogen-bond acceptors (Lipinski definition) is 3. The maximum absolute atomic E-state index is 12.7. The molecule has 0 unspecified atom stereocenters. The highest BCUT2D eigenvalue weighted by molar-refractivity contribution is 5.97. The van der Waals surface area contributed by atoms with E-state index in [1.54, 1.807) is 12.3 Å². The molecule has 1 aromatic carbocycles. The Kier molecular flexibility index (Phi) is 5.15. The van der Waals surface area contributed by atoms with Crippen LogP contribution in [0.15, 0.2) is 48.7 Å². The zero-order valence-electron chi connectivity index (χ0n) is 11.4. The predicted octanol–water partition coefficient (Wildman–Crippen LogP) is 2.50. The van der Waals surface area contributed by atoms with E-state index in [1.807, 2.05) is 12.1 Å². The molecular weight excluding hydrogens is 271 g/mol. The van der Waals surface area contributed by atoms with Crippen molar-refractivity contribution in [2.24, 2.45) is 0 Å². The first-order chi connectivity index (χ1) is 10.1. The van der Waals surface area contributed by atoms with Crippen LogP contribution in [0, 0.1) is 5.82 Å². The monoisotopic (exact) mass is 286 g/mol. The molecule has 2 rings (SSSR count). The zero-order valence-corrected chi connectivity index (χ0v) is 11.4. The van der Waals surface area contributed by atoms with Crippen molar-refractivity contribution in [3.8, 4) is 0 Å². The summed E-state index contributed by atoms with van der Waals surface area (Å²) in [4.78, 5) is 27.6. The fourth-order valence-electron chi connectivity index (χ4n) is 1.79. The van der Waals surface area contributed by atoms with Gasteiger partial charge in [0.2, 0.25) is 5.91 Å². The summed E-state index contributed by atoms with van der Waals surface area (Å²) in [5.41, 5.74) is 1.17. The number of rotatable bonds is 6. The lowest BCUT2D eigenvalue weighted by Gasteiger charge is -2.04.